The zero-order valence-corrected chi connectivity index (χ0v) is 17.6. The van der Waals surface area contributed by atoms with E-state index in [0.717, 1.165) is 0 Å². The lowest BCUT2D eigenvalue weighted by molar-refractivity contribution is -0.145. The second-order valence-corrected chi connectivity index (χ2v) is 7.79. The summed E-state index contributed by atoms with van der Waals surface area (Å²) in [5, 5.41) is 0. The Morgan fingerprint density at radius 1 is 0.853 bits per heavy atom. The van der Waals surface area contributed by atoms with Crippen molar-refractivity contribution >= 4 is 23.1 Å². The molecule has 1 aromatic heterocycles. The number of alkyl halides is 6. The summed E-state index contributed by atoms with van der Waals surface area (Å²) < 4.78 is 80.1. The van der Waals surface area contributed by atoms with Crippen molar-refractivity contribution in [3.8, 4) is 0 Å². The highest BCUT2D eigenvalue weighted by Gasteiger charge is 2.41. The molecule has 3 aromatic rings. The van der Waals surface area contributed by atoms with Crippen molar-refractivity contribution < 1.29 is 31.1 Å². The summed E-state index contributed by atoms with van der Waals surface area (Å²) in [7, 11) is 0. The van der Waals surface area contributed by atoms with Crippen LogP contribution in [0.3, 0.4) is 0 Å². The van der Waals surface area contributed by atoms with Crippen molar-refractivity contribution in [1.29, 1.82) is 0 Å². The maximum Gasteiger partial charge on any atom is 0.433 e. The zero-order chi connectivity index (χ0) is 24.5. The second-order valence-electron chi connectivity index (χ2n) is 7.79. The largest absolute Gasteiger partial charge is 0.433 e. The molecule has 0 bridgehead atoms. The van der Waals surface area contributed by atoms with Crippen LogP contribution in [0.15, 0.2) is 72.8 Å². The minimum atomic E-state index is -5.07. The van der Waals surface area contributed by atoms with Crippen LogP contribution in [0.5, 0.6) is 0 Å². The first-order valence-electron chi connectivity index (χ1n) is 10.4. The molecule has 0 spiro atoms. The normalized spacial score (nSPS) is 16.5. The maximum absolute atomic E-state index is 13.7. The predicted molar refractivity (Wildman–Crippen MR) is 115 cm³/mol. The van der Waals surface area contributed by atoms with Gasteiger partial charge >= 0.3 is 12.4 Å². The van der Waals surface area contributed by atoms with Gasteiger partial charge in [-0.2, -0.15) is 26.3 Å². The molecule has 10 heteroatoms. The Morgan fingerprint density at radius 3 is 1.91 bits per heavy atom. The molecule has 4 rings (SSSR count). The van der Waals surface area contributed by atoms with Gasteiger partial charge in [-0.05, 0) is 49.2 Å². The van der Waals surface area contributed by atoms with Crippen LogP contribution in [-0.2, 0) is 17.1 Å². The van der Waals surface area contributed by atoms with Gasteiger partial charge in [-0.25, -0.2) is 4.98 Å². The maximum atomic E-state index is 13.7. The van der Waals surface area contributed by atoms with Gasteiger partial charge in [0.25, 0.3) is 5.91 Å². The van der Waals surface area contributed by atoms with Crippen LogP contribution in [0, 0.1) is 0 Å². The number of hydrogen-bond acceptors (Lipinski definition) is 3. The Bertz CT molecular complexity index is 1080. The van der Waals surface area contributed by atoms with Crippen LogP contribution in [0.2, 0.25) is 0 Å². The molecule has 1 aliphatic rings. The number of rotatable bonds is 4. The summed E-state index contributed by atoms with van der Waals surface area (Å²) in [5.41, 5.74) is -2.07. The first-order chi connectivity index (χ1) is 16.1. The van der Waals surface area contributed by atoms with Crippen molar-refractivity contribution in [2.75, 3.05) is 16.3 Å². The molecular weight excluding hydrogens is 460 g/mol. The van der Waals surface area contributed by atoms with Gasteiger partial charge in [-0.15, -0.1) is 0 Å². The van der Waals surface area contributed by atoms with Gasteiger partial charge in [0.05, 0.1) is 5.56 Å². The average molecular weight is 479 g/mol. The topological polar surface area (TPSA) is 36.4 Å². The first kappa shape index (κ1) is 23.6. The third kappa shape index (κ3) is 4.85. The summed E-state index contributed by atoms with van der Waals surface area (Å²) in [6.45, 7) is 0.0967. The molecule has 4 nitrogen and oxygen atoms in total. The fourth-order valence-corrected chi connectivity index (χ4v) is 3.98. The number of carbonyl (C=O) groups is 1. The Kier molecular flexibility index (Phi) is 6.24. The summed E-state index contributed by atoms with van der Waals surface area (Å²) in [4.78, 5) is 19.8. The van der Waals surface area contributed by atoms with E-state index in [1.165, 1.54) is 9.80 Å². The van der Waals surface area contributed by atoms with Crippen LogP contribution in [0.1, 0.15) is 24.1 Å². The predicted octanol–water partition coefficient (Wildman–Crippen LogP) is 6.45. The molecule has 2 aromatic carbocycles. The Morgan fingerprint density at radius 2 is 1.41 bits per heavy atom. The van der Waals surface area contributed by atoms with Crippen molar-refractivity contribution in [3.63, 3.8) is 0 Å². The third-order valence-corrected chi connectivity index (χ3v) is 5.51. The second kappa shape index (κ2) is 9.00. The van der Waals surface area contributed by atoms with Gasteiger partial charge in [0, 0.05) is 17.9 Å². The number of nitrogens with zero attached hydrogens (tertiary/aromatic N) is 3. The monoisotopic (exact) mass is 479 g/mol. The highest BCUT2D eigenvalue weighted by molar-refractivity contribution is 6.05. The summed E-state index contributed by atoms with van der Waals surface area (Å²) >= 11 is 0. The molecule has 0 saturated carbocycles. The van der Waals surface area contributed by atoms with E-state index in [2.05, 4.69) is 4.98 Å². The molecule has 0 N–H and O–H groups in total. The average Bonchev–Trinajstić information content (AvgIpc) is 3.29. The van der Waals surface area contributed by atoms with Gasteiger partial charge in [0.2, 0.25) is 0 Å². The summed E-state index contributed by atoms with van der Waals surface area (Å²) in [6.07, 6.45) is -9.41. The molecule has 1 atom stereocenters. The summed E-state index contributed by atoms with van der Waals surface area (Å²) in [6, 6.07) is 16.8. The number of amides is 1. The van der Waals surface area contributed by atoms with E-state index in [9.17, 15) is 31.1 Å². The van der Waals surface area contributed by atoms with Gasteiger partial charge in [0.1, 0.15) is 17.6 Å². The first-order valence-corrected chi connectivity index (χ1v) is 10.4. The molecule has 178 valence electrons. The molecule has 0 unspecified atom stereocenters. The van der Waals surface area contributed by atoms with Crippen LogP contribution in [0.25, 0.3) is 0 Å². The van der Waals surface area contributed by atoms with Gasteiger partial charge < -0.3 is 4.90 Å². The van der Waals surface area contributed by atoms with Gasteiger partial charge in [-0.3, -0.25) is 9.69 Å². The van der Waals surface area contributed by atoms with Gasteiger partial charge in [0.15, 0.2) is 0 Å². The van der Waals surface area contributed by atoms with E-state index >= 15 is 0 Å². The molecule has 1 saturated heterocycles. The van der Waals surface area contributed by atoms with Crippen molar-refractivity contribution in [1.82, 2.24) is 4.98 Å². The SMILES string of the molecule is O=C([C@@H]1CCCN1c1cc(C(F)(F)F)cc(C(F)(F)F)n1)N(c1ccccc1)c1ccccc1. The third-order valence-electron chi connectivity index (χ3n) is 5.51. The molecular formula is C24H19F6N3O. The Balaban J connectivity index is 1.76. The number of hydrogen-bond donors (Lipinski definition) is 0. The van der Waals surface area contributed by atoms with E-state index in [4.69, 9.17) is 0 Å². The Hall–Kier alpha value is -3.56. The Labute approximate surface area is 191 Å². The van der Waals surface area contributed by atoms with Crippen molar-refractivity contribution in [3.05, 3.63) is 84.1 Å². The van der Waals surface area contributed by atoms with Crippen molar-refractivity contribution in [2.24, 2.45) is 0 Å². The number of anilines is 3. The van der Waals surface area contributed by atoms with E-state index < -0.39 is 41.4 Å². The summed E-state index contributed by atoms with van der Waals surface area (Å²) in [5.74, 6) is -0.998. The van der Waals surface area contributed by atoms with E-state index in [0.29, 0.717) is 23.9 Å². The van der Waals surface area contributed by atoms with Crippen LogP contribution >= 0.6 is 0 Å². The smallest absolute Gasteiger partial charge is 0.345 e. The van der Waals surface area contributed by atoms with Crippen LogP contribution < -0.4 is 9.80 Å². The fourth-order valence-electron chi connectivity index (χ4n) is 3.98. The lowest BCUT2D eigenvalue weighted by atomic mass is 10.1. The van der Waals surface area contributed by atoms with Crippen LogP contribution in [-0.4, -0.2) is 23.5 Å². The standard InChI is InChI=1S/C24H19F6N3O/c25-23(26,27)16-14-20(24(28,29)30)31-21(15-16)32-13-7-12-19(32)22(34)33(17-8-3-1-4-9-17)18-10-5-2-6-11-18/h1-6,8-11,14-15,19H,7,12-13H2/t19-/m0/s1. The molecule has 34 heavy (non-hydrogen) atoms. The quantitative estimate of drug-likeness (QED) is 0.404. The number of carbonyl (C=O) groups excluding carboxylic acids is 1. The van der Waals surface area contributed by atoms with E-state index in [1.807, 2.05) is 0 Å². The molecule has 0 radical (unpaired) electrons. The fraction of sp³-hybridized carbons (Fsp3) is 0.250. The highest BCUT2D eigenvalue weighted by atomic mass is 19.4. The lowest BCUT2D eigenvalue weighted by Crippen LogP contribution is -2.44. The molecule has 1 fully saturated rings. The molecule has 0 aliphatic carbocycles. The minimum Gasteiger partial charge on any atom is -0.345 e. The number of pyridine rings is 1. The van der Waals surface area contributed by atoms with E-state index in [1.54, 1.807) is 60.7 Å². The lowest BCUT2D eigenvalue weighted by Gasteiger charge is -2.31. The molecule has 1 aliphatic heterocycles. The zero-order valence-electron chi connectivity index (χ0n) is 17.6. The number of halogens is 6. The minimum absolute atomic E-state index is 0.0172. The number of para-hydroxylation sites is 2. The van der Waals surface area contributed by atoms with Crippen molar-refractivity contribution in [2.45, 2.75) is 31.2 Å². The van der Waals surface area contributed by atoms with Crippen LogP contribution in [0.4, 0.5) is 43.5 Å². The number of benzene rings is 2. The number of aromatic nitrogens is 1. The highest BCUT2D eigenvalue weighted by Crippen LogP contribution is 2.38. The molecule has 2 heterocycles. The molecule has 1 amide bonds. The van der Waals surface area contributed by atoms with Gasteiger partial charge in [-0.1, -0.05) is 36.4 Å². The van der Waals surface area contributed by atoms with E-state index in [-0.39, 0.29) is 19.0 Å².